The molecule has 1 saturated carbocycles. The van der Waals surface area contributed by atoms with Crippen LogP contribution >= 0.6 is 0 Å². The van der Waals surface area contributed by atoms with Crippen LogP contribution in [0.1, 0.15) is 36.3 Å². The van der Waals surface area contributed by atoms with Gasteiger partial charge in [0.1, 0.15) is 0 Å². The van der Waals surface area contributed by atoms with Gasteiger partial charge in [-0.1, -0.05) is 60.7 Å². The van der Waals surface area contributed by atoms with Crippen LogP contribution in [-0.2, 0) is 6.42 Å². The van der Waals surface area contributed by atoms with Gasteiger partial charge in [0, 0.05) is 5.92 Å². The molecule has 1 heteroatoms. The van der Waals surface area contributed by atoms with Crippen LogP contribution in [0.3, 0.4) is 0 Å². The zero-order valence-corrected chi connectivity index (χ0v) is 11.1. The van der Waals surface area contributed by atoms with Crippen molar-refractivity contribution in [3.8, 4) is 0 Å². The Kier molecular flexibility index (Phi) is 3.39. The lowest BCUT2D eigenvalue weighted by Crippen LogP contribution is -2.10. The fraction of sp³-hybridized carbons (Fsp3) is 0.333. The Balaban J connectivity index is 1.52. The molecule has 2 unspecified atom stereocenters. The van der Waals surface area contributed by atoms with E-state index in [0.717, 1.165) is 25.7 Å². The van der Waals surface area contributed by atoms with E-state index in [1.807, 2.05) is 12.1 Å². The summed E-state index contributed by atoms with van der Waals surface area (Å²) in [6, 6.07) is 20.9. The maximum atomic E-state index is 10.5. The monoisotopic (exact) mass is 252 g/mol. The third-order valence-corrected chi connectivity index (χ3v) is 4.17. The molecular formula is C18H20O. The summed E-state index contributed by atoms with van der Waals surface area (Å²) < 4.78 is 0. The topological polar surface area (TPSA) is 20.2 Å². The molecule has 0 aliphatic heterocycles. The van der Waals surface area contributed by atoms with Gasteiger partial charge in [0.15, 0.2) is 0 Å². The van der Waals surface area contributed by atoms with E-state index in [-0.39, 0.29) is 0 Å². The zero-order valence-electron chi connectivity index (χ0n) is 11.1. The van der Waals surface area contributed by atoms with Gasteiger partial charge in [-0.25, -0.2) is 0 Å². The lowest BCUT2D eigenvalue weighted by atomic mass is 10.0. The molecule has 1 aliphatic carbocycles. The fourth-order valence-electron chi connectivity index (χ4n) is 2.93. The smallest absolute Gasteiger partial charge is 0.0724 e. The highest BCUT2D eigenvalue weighted by Gasteiger charge is 2.52. The van der Waals surface area contributed by atoms with Crippen molar-refractivity contribution in [1.29, 1.82) is 0 Å². The van der Waals surface area contributed by atoms with E-state index in [2.05, 4.69) is 48.5 Å². The minimum atomic E-state index is -0.448. The Hall–Kier alpha value is -1.60. The quantitative estimate of drug-likeness (QED) is 0.855. The molecule has 0 radical (unpaired) electrons. The van der Waals surface area contributed by atoms with Gasteiger partial charge in [0.2, 0.25) is 0 Å². The summed E-state index contributed by atoms with van der Waals surface area (Å²) in [4.78, 5) is 0. The van der Waals surface area contributed by atoms with Crippen molar-refractivity contribution in [3.63, 3.8) is 0 Å². The van der Waals surface area contributed by atoms with E-state index in [9.17, 15) is 5.11 Å². The molecule has 1 fully saturated rings. The first-order valence-corrected chi connectivity index (χ1v) is 7.09. The van der Waals surface area contributed by atoms with Gasteiger partial charge in [-0.05, 0) is 36.8 Å². The highest BCUT2D eigenvalue weighted by atomic mass is 16.3. The summed E-state index contributed by atoms with van der Waals surface area (Å²) in [5.41, 5.74) is 2.20. The minimum absolute atomic E-state index is 0.351. The molecule has 0 saturated heterocycles. The van der Waals surface area contributed by atoms with Gasteiger partial charge in [-0.2, -0.15) is 0 Å². The van der Waals surface area contributed by atoms with Gasteiger partial charge < -0.3 is 5.11 Å². The van der Waals surface area contributed by atoms with E-state index in [0.29, 0.717) is 5.92 Å². The Bertz CT molecular complexity index is 520. The zero-order chi connectivity index (χ0) is 13.1. The second-order valence-electron chi connectivity index (χ2n) is 5.61. The summed E-state index contributed by atoms with van der Waals surface area (Å²) in [6.45, 7) is 0. The average molecular weight is 252 g/mol. The lowest BCUT2D eigenvalue weighted by molar-refractivity contribution is 0.130. The van der Waals surface area contributed by atoms with Crippen LogP contribution in [0.5, 0.6) is 0 Å². The van der Waals surface area contributed by atoms with Gasteiger partial charge >= 0.3 is 0 Å². The Morgan fingerprint density at radius 2 is 1.58 bits per heavy atom. The number of aryl methyl sites for hydroxylation is 1. The van der Waals surface area contributed by atoms with Crippen molar-refractivity contribution in [2.24, 2.45) is 0 Å². The first-order valence-electron chi connectivity index (χ1n) is 7.09. The third kappa shape index (κ3) is 2.87. The standard InChI is InChI=1S/C18H20O/c19-18(13-7-10-15-8-3-1-4-9-15)14-17(18)16-11-5-2-6-12-16/h1-6,8-9,11-12,17,19H,7,10,13-14H2. The summed E-state index contributed by atoms with van der Waals surface area (Å²) >= 11 is 0. The lowest BCUT2D eigenvalue weighted by Gasteiger charge is -2.10. The van der Waals surface area contributed by atoms with E-state index in [1.54, 1.807) is 0 Å². The van der Waals surface area contributed by atoms with Crippen LogP contribution in [0.25, 0.3) is 0 Å². The number of aliphatic hydroxyl groups is 1. The van der Waals surface area contributed by atoms with Crippen molar-refractivity contribution in [2.75, 3.05) is 0 Å². The van der Waals surface area contributed by atoms with Crippen molar-refractivity contribution < 1.29 is 5.11 Å². The Morgan fingerprint density at radius 3 is 2.26 bits per heavy atom. The van der Waals surface area contributed by atoms with E-state index in [4.69, 9.17) is 0 Å². The molecule has 1 N–H and O–H groups in total. The summed E-state index contributed by atoms with van der Waals surface area (Å²) in [6.07, 6.45) is 3.95. The number of hydrogen-bond acceptors (Lipinski definition) is 1. The predicted molar refractivity (Wildman–Crippen MR) is 78.1 cm³/mol. The van der Waals surface area contributed by atoms with Crippen LogP contribution in [0, 0.1) is 0 Å². The molecule has 2 aromatic carbocycles. The van der Waals surface area contributed by atoms with Gasteiger partial charge in [-0.15, -0.1) is 0 Å². The van der Waals surface area contributed by atoms with Gasteiger partial charge in [-0.3, -0.25) is 0 Å². The van der Waals surface area contributed by atoms with E-state index in [1.165, 1.54) is 11.1 Å². The minimum Gasteiger partial charge on any atom is -0.389 e. The molecule has 0 aromatic heterocycles. The molecule has 19 heavy (non-hydrogen) atoms. The van der Waals surface area contributed by atoms with E-state index < -0.39 is 5.60 Å². The molecule has 0 heterocycles. The van der Waals surface area contributed by atoms with Gasteiger partial charge in [0.25, 0.3) is 0 Å². The largest absolute Gasteiger partial charge is 0.389 e. The maximum Gasteiger partial charge on any atom is 0.0724 e. The summed E-state index contributed by atoms with van der Waals surface area (Å²) in [5.74, 6) is 0.351. The SMILES string of the molecule is OC1(CCCc2ccccc2)CC1c1ccccc1. The van der Waals surface area contributed by atoms with Crippen molar-refractivity contribution in [1.82, 2.24) is 0 Å². The maximum absolute atomic E-state index is 10.5. The Labute approximate surface area is 114 Å². The van der Waals surface area contributed by atoms with Crippen molar-refractivity contribution in [2.45, 2.75) is 37.2 Å². The molecule has 1 nitrogen and oxygen atoms in total. The number of benzene rings is 2. The predicted octanol–water partition coefficient (Wildman–Crippen LogP) is 3.93. The Morgan fingerprint density at radius 1 is 0.947 bits per heavy atom. The molecule has 2 aromatic rings. The molecule has 3 rings (SSSR count). The molecular weight excluding hydrogens is 232 g/mol. The highest BCUT2D eigenvalue weighted by Crippen LogP contribution is 2.54. The molecule has 0 bridgehead atoms. The number of rotatable bonds is 5. The van der Waals surface area contributed by atoms with Crippen molar-refractivity contribution in [3.05, 3.63) is 71.8 Å². The van der Waals surface area contributed by atoms with Crippen LogP contribution in [0.4, 0.5) is 0 Å². The molecule has 98 valence electrons. The molecule has 1 aliphatic rings. The van der Waals surface area contributed by atoms with E-state index >= 15 is 0 Å². The second kappa shape index (κ2) is 5.18. The average Bonchev–Trinajstić information content (AvgIpc) is 3.13. The van der Waals surface area contributed by atoms with Crippen molar-refractivity contribution >= 4 is 0 Å². The van der Waals surface area contributed by atoms with Crippen LogP contribution in [-0.4, -0.2) is 10.7 Å². The fourth-order valence-corrected chi connectivity index (χ4v) is 2.93. The summed E-state index contributed by atoms with van der Waals surface area (Å²) in [5, 5.41) is 10.5. The first-order chi connectivity index (χ1) is 9.28. The van der Waals surface area contributed by atoms with Crippen LogP contribution in [0.15, 0.2) is 60.7 Å². The first kappa shape index (κ1) is 12.4. The third-order valence-electron chi connectivity index (χ3n) is 4.17. The van der Waals surface area contributed by atoms with Crippen LogP contribution in [0.2, 0.25) is 0 Å². The molecule has 0 amide bonds. The highest BCUT2D eigenvalue weighted by molar-refractivity contribution is 5.31. The number of hydrogen-bond donors (Lipinski definition) is 1. The van der Waals surface area contributed by atoms with Gasteiger partial charge in [0.05, 0.1) is 5.60 Å². The molecule has 2 atom stereocenters. The normalized spacial score (nSPS) is 25.2. The second-order valence-corrected chi connectivity index (χ2v) is 5.61. The van der Waals surface area contributed by atoms with Crippen LogP contribution < -0.4 is 0 Å². The molecule has 0 spiro atoms. The summed E-state index contributed by atoms with van der Waals surface area (Å²) in [7, 11) is 0.